The number of nitrogens with zero attached hydrogens (tertiary/aromatic N) is 3. The third kappa shape index (κ3) is 2.79. The highest BCUT2D eigenvalue weighted by Gasteiger charge is 2.29. The molecule has 2 N–H and O–H groups in total. The SMILES string of the molecule is C=C(F)C(=C)N=C(N)N1CC(N(C)C)C1. The van der Waals surface area contributed by atoms with Gasteiger partial charge in [0, 0.05) is 19.1 Å². The minimum absolute atomic E-state index is 0.0131. The zero-order chi connectivity index (χ0) is 11.6. The van der Waals surface area contributed by atoms with E-state index in [4.69, 9.17) is 5.73 Å². The molecular formula is C10H17FN4. The summed E-state index contributed by atoms with van der Waals surface area (Å²) in [5.41, 5.74) is 5.66. The summed E-state index contributed by atoms with van der Waals surface area (Å²) in [6.07, 6.45) is 0. The Morgan fingerprint density at radius 1 is 1.47 bits per heavy atom. The Hall–Kier alpha value is -1.36. The predicted molar refractivity (Wildman–Crippen MR) is 60.1 cm³/mol. The van der Waals surface area contributed by atoms with Crippen LogP contribution >= 0.6 is 0 Å². The minimum Gasteiger partial charge on any atom is -0.369 e. The summed E-state index contributed by atoms with van der Waals surface area (Å²) < 4.78 is 12.6. The maximum atomic E-state index is 12.6. The number of guanidine groups is 1. The quantitative estimate of drug-likeness (QED) is 0.422. The molecular weight excluding hydrogens is 195 g/mol. The first-order chi connectivity index (χ1) is 6.91. The van der Waals surface area contributed by atoms with Crippen LogP contribution in [0.3, 0.4) is 0 Å². The Morgan fingerprint density at radius 2 is 2.00 bits per heavy atom. The van der Waals surface area contributed by atoms with Gasteiger partial charge in [-0.2, -0.15) is 0 Å². The maximum absolute atomic E-state index is 12.6. The van der Waals surface area contributed by atoms with E-state index < -0.39 is 5.83 Å². The van der Waals surface area contributed by atoms with Gasteiger partial charge < -0.3 is 15.5 Å². The molecule has 0 unspecified atom stereocenters. The van der Waals surface area contributed by atoms with Crippen LogP contribution < -0.4 is 5.73 Å². The second kappa shape index (κ2) is 4.44. The van der Waals surface area contributed by atoms with Crippen LogP contribution in [0.5, 0.6) is 0 Å². The van der Waals surface area contributed by atoms with Crippen LogP contribution in [-0.4, -0.2) is 49.0 Å². The zero-order valence-corrected chi connectivity index (χ0v) is 9.20. The van der Waals surface area contributed by atoms with Crippen molar-refractivity contribution in [3.63, 3.8) is 0 Å². The Balaban J connectivity index is 2.47. The number of nitrogens with two attached hydrogens (primary N) is 1. The molecule has 0 atom stereocenters. The summed E-state index contributed by atoms with van der Waals surface area (Å²) >= 11 is 0. The third-order valence-electron chi connectivity index (χ3n) is 2.48. The molecule has 0 aromatic carbocycles. The number of allylic oxidation sites excluding steroid dienone is 1. The van der Waals surface area contributed by atoms with E-state index in [-0.39, 0.29) is 5.70 Å². The summed E-state index contributed by atoms with van der Waals surface area (Å²) in [7, 11) is 4.02. The first-order valence-corrected chi connectivity index (χ1v) is 4.71. The fourth-order valence-corrected chi connectivity index (χ4v) is 1.24. The van der Waals surface area contributed by atoms with Crippen LogP contribution in [0, 0.1) is 0 Å². The predicted octanol–water partition coefficient (Wildman–Crippen LogP) is 0.544. The molecule has 0 radical (unpaired) electrons. The molecule has 0 aromatic heterocycles. The van der Waals surface area contributed by atoms with Gasteiger partial charge in [-0.05, 0) is 14.1 Å². The van der Waals surface area contributed by atoms with Gasteiger partial charge in [0.25, 0.3) is 0 Å². The summed E-state index contributed by atoms with van der Waals surface area (Å²) in [4.78, 5) is 7.82. The number of likely N-dealkylation sites (N-methyl/N-ethyl adjacent to an activating group) is 1. The number of rotatable bonds is 3. The van der Waals surface area contributed by atoms with E-state index in [1.165, 1.54) is 0 Å². The summed E-state index contributed by atoms with van der Waals surface area (Å²) in [5, 5.41) is 0. The molecule has 1 fully saturated rings. The fraction of sp³-hybridized carbons (Fsp3) is 0.500. The van der Waals surface area contributed by atoms with Gasteiger partial charge in [0.15, 0.2) is 5.96 Å². The first-order valence-electron chi connectivity index (χ1n) is 4.71. The number of aliphatic imine (C=N–C) groups is 1. The lowest BCUT2D eigenvalue weighted by molar-refractivity contribution is 0.123. The van der Waals surface area contributed by atoms with E-state index in [1.807, 2.05) is 19.0 Å². The van der Waals surface area contributed by atoms with E-state index in [0.29, 0.717) is 12.0 Å². The first kappa shape index (κ1) is 11.7. The molecule has 15 heavy (non-hydrogen) atoms. The highest BCUT2D eigenvalue weighted by molar-refractivity contribution is 5.80. The van der Waals surface area contributed by atoms with E-state index in [9.17, 15) is 4.39 Å². The number of halogens is 1. The van der Waals surface area contributed by atoms with Crippen molar-refractivity contribution in [3.05, 3.63) is 24.7 Å². The van der Waals surface area contributed by atoms with Crippen molar-refractivity contribution in [2.45, 2.75) is 6.04 Å². The topological polar surface area (TPSA) is 44.9 Å². The molecule has 0 amide bonds. The molecule has 4 nitrogen and oxygen atoms in total. The van der Waals surface area contributed by atoms with E-state index >= 15 is 0 Å². The summed E-state index contributed by atoms with van der Waals surface area (Å²) in [6, 6.07) is 0.487. The molecule has 1 saturated heterocycles. The standard InChI is InChI=1S/C10H17FN4/c1-7(11)8(2)13-10(12)15-5-9(6-15)14(3)4/h9H,1-2,5-6H2,3-4H3,(H2,12,13). The van der Waals surface area contributed by atoms with Gasteiger partial charge in [0.2, 0.25) is 0 Å². The largest absolute Gasteiger partial charge is 0.369 e. The van der Waals surface area contributed by atoms with E-state index in [0.717, 1.165) is 13.1 Å². The molecule has 1 aliphatic rings. The van der Waals surface area contributed by atoms with Gasteiger partial charge in [-0.15, -0.1) is 0 Å². The zero-order valence-electron chi connectivity index (χ0n) is 9.20. The Kier molecular flexibility index (Phi) is 3.47. The van der Waals surface area contributed by atoms with E-state index in [2.05, 4.69) is 23.1 Å². The average molecular weight is 212 g/mol. The second-order valence-electron chi connectivity index (χ2n) is 3.84. The smallest absolute Gasteiger partial charge is 0.196 e. The lowest BCUT2D eigenvalue weighted by Gasteiger charge is -2.43. The van der Waals surface area contributed by atoms with Crippen molar-refractivity contribution >= 4 is 5.96 Å². The number of likely N-dealkylation sites (tertiary alicyclic amines) is 1. The Bertz CT molecular complexity index is 303. The van der Waals surface area contributed by atoms with E-state index in [1.54, 1.807) is 0 Å². The van der Waals surface area contributed by atoms with Gasteiger partial charge in [-0.3, -0.25) is 0 Å². The minimum atomic E-state index is -0.650. The average Bonchev–Trinajstić information content (AvgIpc) is 1.99. The van der Waals surface area contributed by atoms with Crippen molar-refractivity contribution in [2.75, 3.05) is 27.2 Å². The van der Waals surface area contributed by atoms with Crippen molar-refractivity contribution in [2.24, 2.45) is 10.7 Å². The third-order valence-corrected chi connectivity index (χ3v) is 2.48. The van der Waals surface area contributed by atoms with Gasteiger partial charge in [-0.1, -0.05) is 13.2 Å². The van der Waals surface area contributed by atoms with Crippen LogP contribution in [0.1, 0.15) is 0 Å². The lowest BCUT2D eigenvalue weighted by Crippen LogP contribution is -2.61. The molecule has 1 rings (SSSR count). The highest BCUT2D eigenvalue weighted by Crippen LogP contribution is 2.13. The van der Waals surface area contributed by atoms with Crippen molar-refractivity contribution in [3.8, 4) is 0 Å². The molecule has 5 heteroatoms. The second-order valence-corrected chi connectivity index (χ2v) is 3.84. The van der Waals surface area contributed by atoms with Crippen LogP contribution in [0.25, 0.3) is 0 Å². The maximum Gasteiger partial charge on any atom is 0.196 e. The van der Waals surface area contributed by atoms with Crippen molar-refractivity contribution in [1.29, 1.82) is 0 Å². The molecule has 0 bridgehead atoms. The molecule has 0 saturated carbocycles. The molecule has 0 spiro atoms. The van der Waals surface area contributed by atoms with Crippen molar-refractivity contribution < 1.29 is 4.39 Å². The summed E-state index contributed by atoms with van der Waals surface area (Å²) in [5.74, 6) is -0.348. The number of hydrogen-bond acceptors (Lipinski definition) is 2. The lowest BCUT2D eigenvalue weighted by atomic mass is 10.1. The van der Waals surface area contributed by atoms with Gasteiger partial charge in [0.1, 0.15) is 5.83 Å². The Morgan fingerprint density at radius 3 is 2.40 bits per heavy atom. The van der Waals surface area contributed by atoms with Crippen molar-refractivity contribution in [1.82, 2.24) is 9.80 Å². The van der Waals surface area contributed by atoms with Gasteiger partial charge in [-0.25, -0.2) is 9.38 Å². The highest BCUT2D eigenvalue weighted by atomic mass is 19.1. The summed E-state index contributed by atoms with van der Waals surface area (Å²) in [6.45, 7) is 8.14. The monoisotopic (exact) mass is 212 g/mol. The molecule has 0 aliphatic carbocycles. The molecule has 1 aliphatic heterocycles. The van der Waals surface area contributed by atoms with Crippen LogP contribution in [0.2, 0.25) is 0 Å². The fourth-order valence-electron chi connectivity index (χ4n) is 1.24. The van der Waals surface area contributed by atoms with Gasteiger partial charge >= 0.3 is 0 Å². The molecule has 1 heterocycles. The molecule has 0 aromatic rings. The van der Waals surface area contributed by atoms with Crippen LogP contribution in [0.4, 0.5) is 4.39 Å². The van der Waals surface area contributed by atoms with Crippen LogP contribution in [0.15, 0.2) is 29.7 Å². The Labute approximate surface area is 89.6 Å². The normalized spacial score (nSPS) is 17.9. The van der Waals surface area contributed by atoms with Gasteiger partial charge in [0.05, 0.1) is 5.70 Å². The van der Waals surface area contributed by atoms with Crippen LogP contribution in [-0.2, 0) is 0 Å². The molecule has 84 valence electrons. The number of hydrogen-bond donors (Lipinski definition) is 1.